The van der Waals surface area contributed by atoms with E-state index in [1.807, 2.05) is 41.3 Å². The molecule has 9 heteroatoms. The predicted octanol–water partition coefficient (Wildman–Crippen LogP) is 4.33. The van der Waals surface area contributed by atoms with E-state index in [2.05, 4.69) is 4.98 Å². The average molecular weight is 468 g/mol. The van der Waals surface area contributed by atoms with Gasteiger partial charge in [0.1, 0.15) is 4.90 Å². The van der Waals surface area contributed by atoms with Gasteiger partial charge in [-0.1, -0.05) is 24.3 Å². The number of nitro benzene ring substituents is 1. The van der Waals surface area contributed by atoms with Crippen molar-refractivity contribution in [3.63, 3.8) is 0 Å². The molecule has 0 aliphatic carbocycles. The summed E-state index contributed by atoms with van der Waals surface area (Å²) < 4.78 is 23.5. The minimum Gasteiger partial charge on any atom is -0.493 e. The van der Waals surface area contributed by atoms with E-state index >= 15 is 0 Å². The molecular formula is C24H25N3O5S. The maximum Gasteiger partial charge on any atom is 0.285 e. The van der Waals surface area contributed by atoms with Gasteiger partial charge in [-0.2, -0.15) is 0 Å². The molecule has 0 N–H and O–H groups in total. The molecule has 1 aromatic heterocycles. The van der Waals surface area contributed by atoms with E-state index in [1.54, 1.807) is 38.7 Å². The Labute approximate surface area is 195 Å². The zero-order valence-corrected chi connectivity index (χ0v) is 19.2. The monoisotopic (exact) mass is 467 g/mol. The number of ether oxygens (including phenoxy) is 2. The fourth-order valence-corrected chi connectivity index (χ4v) is 4.20. The number of benzene rings is 2. The Morgan fingerprint density at radius 3 is 2.52 bits per heavy atom. The lowest BCUT2D eigenvalue weighted by molar-refractivity contribution is -0.387. The molecule has 0 aliphatic heterocycles. The largest absolute Gasteiger partial charge is 0.493 e. The molecule has 8 nitrogen and oxygen atoms in total. The Hall–Kier alpha value is -3.72. The van der Waals surface area contributed by atoms with Crippen LogP contribution in [0.25, 0.3) is 0 Å². The van der Waals surface area contributed by atoms with Crippen molar-refractivity contribution >= 4 is 16.5 Å². The summed E-state index contributed by atoms with van der Waals surface area (Å²) >= 11 is 0. The minimum atomic E-state index is -1.67. The van der Waals surface area contributed by atoms with Crippen molar-refractivity contribution in [2.24, 2.45) is 0 Å². The van der Waals surface area contributed by atoms with Crippen LogP contribution in [0.1, 0.15) is 11.3 Å². The number of aromatic nitrogens is 1. The zero-order valence-electron chi connectivity index (χ0n) is 18.4. The molecule has 1 atom stereocenters. The molecule has 33 heavy (non-hydrogen) atoms. The fraction of sp³-hybridized carbons (Fsp3) is 0.208. The van der Waals surface area contributed by atoms with Gasteiger partial charge in [-0.05, 0) is 42.3 Å². The summed E-state index contributed by atoms with van der Waals surface area (Å²) in [5.74, 6) is 1.31. The van der Waals surface area contributed by atoms with Gasteiger partial charge in [0.2, 0.25) is 0 Å². The molecule has 0 saturated carbocycles. The first-order chi connectivity index (χ1) is 16.0. The second kappa shape index (κ2) is 11.8. The van der Waals surface area contributed by atoms with Gasteiger partial charge in [0, 0.05) is 30.4 Å². The van der Waals surface area contributed by atoms with Crippen LogP contribution in [0.3, 0.4) is 0 Å². The first kappa shape index (κ1) is 23.9. The van der Waals surface area contributed by atoms with Crippen molar-refractivity contribution in [3.8, 4) is 11.5 Å². The van der Waals surface area contributed by atoms with Crippen LogP contribution in [-0.2, 0) is 23.8 Å². The van der Waals surface area contributed by atoms with E-state index in [9.17, 15) is 14.3 Å². The van der Waals surface area contributed by atoms with E-state index in [0.29, 0.717) is 31.0 Å². The summed E-state index contributed by atoms with van der Waals surface area (Å²) in [6, 6.07) is 17.5. The molecule has 0 fully saturated rings. The van der Waals surface area contributed by atoms with Gasteiger partial charge in [-0.25, -0.2) is 4.21 Å². The van der Waals surface area contributed by atoms with Crippen LogP contribution in [0.5, 0.6) is 11.5 Å². The van der Waals surface area contributed by atoms with Crippen molar-refractivity contribution in [2.75, 3.05) is 20.8 Å². The maximum absolute atomic E-state index is 12.8. The van der Waals surface area contributed by atoms with Gasteiger partial charge in [0.15, 0.2) is 11.5 Å². The Morgan fingerprint density at radius 2 is 1.82 bits per heavy atom. The molecule has 3 rings (SSSR count). The smallest absolute Gasteiger partial charge is 0.285 e. The highest BCUT2D eigenvalue weighted by Crippen LogP contribution is 2.28. The quantitative estimate of drug-likeness (QED) is 0.306. The van der Waals surface area contributed by atoms with E-state index in [-0.39, 0.29) is 10.6 Å². The van der Waals surface area contributed by atoms with Gasteiger partial charge in [0.25, 0.3) is 5.69 Å². The average Bonchev–Trinajstić information content (AvgIpc) is 2.85. The standard InChI is InChI=1S/C24H25N3O5S/c1-31-22-11-10-19(17-23(22)32-2)12-14-26(18-20-7-5-6-13-25-20)15-16-33(30)24-9-4-3-8-21(24)27(28)29/h3-11,13,15-17H,12,14,18H2,1-2H3/b16-15-/t33-/m1/s1. The number of pyridine rings is 1. The van der Waals surface area contributed by atoms with Crippen LogP contribution < -0.4 is 9.47 Å². The molecule has 3 aromatic rings. The second-order valence-corrected chi connectivity index (χ2v) is 8.35. The highest BCUT2D eigenvalue weighted by molar-refractivity contribution is 7.88. The molecule has 0 aliphatic rings. The zero-order chi connectivity index (χ0) is 23.6. The van der Waals surface area contributed by atoms with Crippen LogP contribution in [0.15, 0.2) is 83.4 Å². The van der Waals surface area contributed by atoms with Crippen LogP contribution in [0, 0.1) is 10.1 Å². The number of hydrogen-bond donors (Lipinski definition) is 0. The van der Waals surface area contributed by atoms with Gasteiger partial charge in [0.05, 0.1) is 42.2 Å². The van der Waals surface area contributed by atoms with Gasteiger partial charge < -0.3 is 14.4 Å². The number of hydrogen-bond acceptors (Lipinski definition) is 7. The number of rotatable bonds is 11. The lowest BCUT2D eigenvalue weighted by atomic mass is 10.1. The molecule has 0 amide bonds. The topological polar surface area (TPSA) is 94.8 Å². The van der Waals surface area contributed by atoms with E-state index in [0.717, 1.165) is 11.3 Å². The van der Waals surface area contributed by atoms with E-state index in [4.69, 9.17) is 9.47 Å². The highest BCUT2D eigenvalue weighted by atomic mass is 32.2. The lowest BCUT2D eigenvalue weighted by Gasteiger charge is -2.20. The van der Waals surface area contributed by atoms with Crippen molar-refractivity contribution in [1.82, 2.24) is 9.88 Å². The Morgan fingerprint density at radius 1 is 1.06 bits per heavy atom. The number of para-hydroxylation sites is 1. The SMILES string of the molecule is COc1ccc(CCN(/C=C\[S@@](=O)c2ccccc2[N+](=O)[O-])Cc2ccccn2)cc1OC. The van der Waals surface area contributed by atoms with Crippen LogP contribution >= 0.6 is 0 Å². The summed E-state index contributed by atoms with van der Waals surface area (Å²) in [5.41, 5.74) is 1.74. The van der Waals surface area contributed by atoms with Crippen LogP contribution in [0.2, 0.25) is 0 Å². The first-order valence-corrected chi connectivity index (χ1v) is 11.4. The Kier molecular flexibility index (Phi) is 8.54. The predicted molar refractivity (Wildman–Crippen MR) is 127 cm³/mol. The third-order valence-electron chi connectivity index (χ3n) is 4.90. The van der Waals surface area contributed by atoms with Gasteiger partial charge >= 0.3 is 0 Å². The second-order valence-electron chi connectivity index (χ2n) is 7.04. The fourth-order valence-electron chi connectivity index (χ4n) is 3.21. The molecule has 0 saturated heterocycles. The third-order valence-corrected chi connectivity index (χ3v) is 6.05. The molecular weight excluding hydrogens is 442 g/mol. The van der Waals surface area contributed by atoms with E-state index < -0.39 is 15.7 Å². The molecule has 0 radical (unpaired) electrons. The number of nitro groups is 1. The summed E-state index contributed by atoms with van der Waals surface area (Å²) in [5, 5.41) is 12.7. The normalized spacial score (nSPS) is 11.8. The Balaban J connectivity index is 1.78. The molecule has 172 valence electrons. The molecule has 0 bridgehead atoms. The molecule has 2 aromatic carbocycles. The van der Waals surface area contributed by atoms with Crippen molar-refractivity contribution < 1.29 is 18.6 Å². The lowest BCUT2D eigenvalue weighted by Crippen LogP contribution is -2.20. The number of methoxy groups -OCH3 is 2. The summed E-state index contributed by atoms with van der Waals surface area (Å²) in [4.78, 5) is 17.3. The van der Waals surface area contributed by atoms with E-state index in [1.165, 1.54) is 17.5 Å². The Bertz CT molecular complexity index is 1140. The van der Waals surface area contributed by atoms with Crippen molar-refractivity contribution in [1.29, 1.82) is 0 Å². The molecule has 1 heterocycles. The van der Waals surface area contributed by atoms with Gasteiger partial charge in [-0.3, -0.25) is 15.1 Å². The molecule has 0 spiro atoms. The van der Waals surface area contributed by atoms with Crippen molar-refractivity contribution in [2.45, 2.75) is 17.9 Å². The third kappa shape index (κ3) is 6.63. The minimum absolute atomic E-state index is 0.163. The van der Waals surface area contributed by atoms with Crippen LogP contribution in [-0.4, -0.2) is 39.8 Å². The summed E-state index contributed by atoms with van der Waals surface area (Å²) in [6.45, 7) is 1.11. The van der Waals surface area contributed by atoms with Gasteiger partial charge in [-0.15, -0.1) is 0 Å². The highest BCUT2D eigenvalue weighted by Gasteiger charge is 2.16. The maximum atomic E-state index is 12.8. The number of nitrogens with zero attached hydrogens (tertiary/aromatic N) is 3. The summed E-state index contributed by atoms with van der Waals surface area (Å²) in [6.07, 6.45) is 4.12. The first-order valence-electron chi connectivity index (χ1n) is 10.2. The van der Waals surface area contributed by atoms with Crippen LogP contribution in [0.4, 0.5) is 5.69 Å². The van der Waals surface area contributed by atoms with Crippen molar-refractivity contribution in [3.05, 3.63) is 99.8 Å². The molecule has 0 unspecified atom stereocenters. The summed E-state index contributed by atoms with van der Waals surface area (Å²) in [7, 11) is 1.51.